The first-order valence-corrected chi connectivity index (χ1v) is 13.3. The summed E-state index contributed by atoms with van der Waals surface area (Å²) in [4.78, 5) is 20.4. The summed E-state index contributed by atoms with van der Waals surface area (Å²) in [7, 11) is 0. The maximum atomic E-state index is 11.3. The summed E-state index contributed by atoms with van der Waals surface area (Å²) in [5, 5.41) is 8.32. The average molecular weight is 487 g/mol. The van der Waals surface area contributed by atoms with Crippen LogP contribution >= 0.6 is 11.6 Å². The van der Waals surface area contributed by atoms with Gasteiger partial charge in [0, 0.05) is 5.56 Å². The van der Waals surface area contributed by atoms with Crippen molar-refractivity contribution in [3.8, 4) is 17.1 Å². The highest BCUT2D eigenvalue weighted by Crippen LogP contribution is 2.35. The Labute approximate surface area is 209 Å². The maximum Gasteiger partial charge on any atom is 0.321 e. The third-order valence-corrected chi connectivity index (χ3v) is 7.61. The number of aromatic nitrogens is 2. The SMILES string of the molecule is CC(c1ccccc1-c1ncc(OCCCCCCCCCC2CC2)cn1)[C@H](C)[C@H](Cl)C(=O)O. The van der Waals surface area contributed by atoms with Gasteiger partial charge in [0.1, 0.15) is 5.38 Å². The molecule has 1 heterocycles. The fourth-order valence-electron chi connectivity index (χ4n) is 4.40. The molecule has 0 bridgehead atoms. The normalized spacial score (nSPS) is 16.1. The Bertz CT molecular complexity index is 885. The van der Waals surface area contributed by atoms with E-state index in [1.54, 1.807) is 12.4 Å². The molecule has 34 heavy (non-hydrogen) atoms. The number of carboxylic acids is 1. The van der Waals surface area contributed by atoms with Crippen molar-refractivity contribution in [2.24, 2.45) is 11.8 Å². The molecule has 1 aromatic heterocycles. The van der Waals surface area contributed by atoms with Crippen molar-refractivity contribution in [3.63, 3.8) is 0 Å². The van der Waals surface area contributed by atoms with Crippen LogP contribution in [0.15, 0.2) is 36.7 Å². The minimum Gasteiger partial charge on any atom is -0.490 e. The van der Waals surface area contributed by atoms with E-state index in [1.807, 2.05) is 38.1 Å². The van der Waals surface area contributed by atoms with Gasteiger partial charge in [0.25, 0.3) is 0 Å². The van der Waals surface area contributed by atoms with E-state index in [-0.39, 0.29) is 11.8 Å². The Balaban J connectivity index is 1.42. The molecule has 5 nitrogen and oxygen atoms in total. The van der Waals surface area contributed by atoms with Crippen LogP contribution in [0.5, 0.6) is 5.75 Å². The van der Waals surface area contributed by atoms with Gasteiger partial charge in [-0.15, -0.1) is 11.6 Å². The number of rotatable bonds is 16. The first-order valence-electron chi connectivity index (χ1n) is 12.9. The molecule has 1 saturated carbocycles. The number of carboxylic acid groups (broad SMARTS) is 1. The third kappa shape index (κ3) is 8.26. The van der Waals surface area contributed by atoms with Gasteiger partial charge in [0.2, 0.25) is 0 Å². The quantitative estimate of drug-likeness (QED) is 0.196. The molecule has 186 valence electrons. The van der Waals surface area contributed by atoms with E-state index < -0.39 is 11.3 Å². The minimum atomic E-state index is -1.000. The molecule has 3 rings (SSSR count). The molecular weight excluding hydrogens is 448 g/mol. The minimum absolute atomic E-state index is 0.0625. The van der Waals surface area contributed by atoms with Crippen molar-refractivity contribution in [1.29, 1.82) is 0 Å². The summed E-state index contributed by atoms with van der Waals surface area (Å²) in [6, 6.07) is 7.83. The molecule has 2 aromatic rings. The standard InChI is InChI=1S/C28H39ClN2O3/c1-20(21(2)26(29)28(32)33)24-13-9-10-14-25(24)27-30-18-23(19-31-27)34-17-11-7-5-3-4-6-8-12-22-15-16-22/h9-10,13-14,18-22,26H,3-8,11-12,15-17H2,1-2H3,(H,32,33)/t20?,21-,26-/m0/s1. The molecule has 1 N–H and O–H groups in total. The molecule has 1 aromatic carbocycles. The molecule has 6 heteroatoms. The second-order valence-corrected chi connectivity index (χ2v) is 10.2. The number of alkyl halides is 1. The van der Waals surface area contributed by atoms with Crippen LogP contribution in [0.3, 0.4) is 0 Å². The Hall–Kier alpha value is -2.14. The van der Waals surface area contributed by atoms with Gasteiger partial charge in [0.15, 0.2) is 11.6 Å². The Morgan fingerprint density at radius 3 is 2.29 bits per heavy atom. The molecule has 0 spiro atoms. The van der Waals surface area contributed by atoms with Crippen LogP contribution in [-0.2, 0) is 4.79 Å². The lowest BCUT2D eigenvalue weighted by molar-refractivity contribution is -0.137. The van der Waals surface area contributed by atoms with E-state index >= 15 is 0 Å². The fraction of sp³-hybridized carbons (Fsp3) is 0.607. The van der Waals surface area contributed by atoms with Crippen LogP contribution in [0, 0.1) is 11.8 Å². The van der Waals surface area contributed by atoms with Crippen molar-refractivity contribution in [2.75, 3.05) is 6.61 Å². The highest BCUT2D eigenvalue weighted by atomic mass is 35.5. The average Bonchev–Trinajstić information content (AvgIpc) is 3.68. The predicted molar refractivity (Wildman–Crippen MR) is 137 cm³/mol. The van der Waals surface area contributed by atoms with Gasteiger partial charge in [0.05, 0.1) is 19.0 Å². The second-order valence-electron chi connectivity index (χ2n) is 9.77. The Morgan fingerprint density at radius 2 is 1.65 bits per heavy atom. The zero-order valence-corrected chi connectivity index (χ0v) is 21.3. The lowest BCUT2D eigenvalue weighted by Crippen LogP contribution is -2.26. The van der Waals surface area contributed by atoms with Crippen LogP contribution in [-0.4, -0.2) is 33.0 Å². The van der Waals surface area contributed by atoms with Crippen LogP contribution in [0.4, 0.5) is 0 Å². The number of nitrogens with zero attached hydrogens (tertiary/aromatic N) is 2. The van der Waals surface area contributed by atoms with E-state index in [9.17, 15) is 9.90 Å². The summed E-state index contributed by atoms with van der Waals surface area (Å²) in [5.41, 5.74) is 1.88. The first-order chi connectivity index (χ1) is 16.5. The largest absolute Gasteiger partial charge is 0.490 e. The fourth-order valence-corrected chi connectivity index (χ4v) is 4.62. The van der Waals surface area contributed by atoms with Gasteiger partial charge >= 0.3 is 5.97 Å². The lowest BCUT2D eigenvalue weighted by atomic mass is 9.84. The van der Waals surface area contributed by atoms with Crippen LogP contribution < -0.4 is 4.74 Å². The summed E-state index contributed by atoms with van der Waals surface area (Å²) < 4.78 is 5.84. The lowest BCUT2D eigenvalue weighted by Gasteiger charge is -2.24. The molecule has 1 aliphatic rings. The van der Waals surface area contributed by atoms with Crippen molar-refractivity contribution in [2.45, 2.75) is 89.4 Å². The zero-order valence-electron chi connectivity index (χ0n) is 20.6. The Kier molecular flexibility index (Phi) is 10.6. The number of ether oxygens (including phenoxy) is 1. The topological polar surface area (TPSA) is 72.3 Å². The van der Waals surface area contributed by atoms with E-state index in [2.05, 4.69) is 9.97 Å². The van der Waals surface area contributed by atoms with Gasteiger partial charge in [-0.2, -0.15) is 0 Å². The monoisotopic (exact) mass is 486 g/mol. The van der Waals surface area contributed by atoms with E-state index in [1.165, 1.54) is 57.8 Å². The van der Waals surface area contributed by atoms with Gasteiger partial charge in [-0.3, -0.25) is 4.79 Å². The van der Waals surface area contributed by atoms with Gasteiger partial charge in [-0.1, -0.05) is 95.9 Å². The molecule has 0 radical (unpaired) electrons. The van der Waals surface area contributed by atoms with Crippen molar-refractivity contribution < 1.29 is 14.6 Å². The second kappa shape index (κ2) is 13.7. The first kappa shape index (κ1) is 26.5. The number of aliphatic carboxylic acids is 1. The Morgan fingerprint density at radius 1 is 1.03 bits per heavy atom. The highest BCUT2D eigenvalue weighted by molar-refractivity contribution is 6.29. The van der Waals surface area contributed by atoms with Crippen molar-refractivity contribution >= 4 is 17.6 Å². The number of hydrogen-bond donors (Lipinski definition) is 1. The van der Waals surface area contributed by atoms with E-state index in [0.717, 1.165) is 23.5 Å². The number of unbranched alkanes of at least 4 members (excludes halogenated alkanes) is 6. The van der Waals surface area contributed by atoms with Crippen molar-refractivity contribution in [1.82, 2.24) is 9.97 Å². The van der Waals surface area contributed by atoms with Crippen LogP contribution in [0.25, 0.3) is 11.4 Å². The van der Waals surface area contributed by atoms with Gasteiger partial charge in [-0.05, 0) is 29.7 Å². The smallest absolute Gasteiger partial charge is 0.321 e. The molecular formula is C28H39ClN2O3. The third-order valence-electron chi connectivity index (χ3n) is 7.03. The number of carbonyl (C=O) groups is 1. The van der Waals surface area contributed by atoms with Crippen molar-refractivity contribution in [3.05, 3.63) is 42.2 Å². The highest BCUT2D eigenvalue weighted by Gasteiger charge is 2.29. The van der Waals surface area contributed by atoms with Gasteiger partial charge < -0.3 is 9.84 Å². The van der Waals surface area contributed by atoms with Crippen LogP contribution in [0.1, 0.15) is 89.5 Å². The van der Waals surface area contributed by atoms with E-state index in [0.29, 0.717) is 18.2 Å². The molecule has 0 saturated heterocycles. The summed E-state index contributed by atoms with van der Waals surface area (Å²) >= 11 is 6.10. The number of halogens is 1. The van der Waals surface area contributed by atoms with E-state index in [4.69, 9.17) is 16.3 Å². The van der Waals surface area contributed by atoms with Crippen LogP contribution in [0.2, 0.25) is 0 Å². The summed E-state index contributed by atoms with van der Waals surface area (Å²) in [5.74, 6) is 1.04. The summed E-state index contributed by atoms with van der Waals surface area (Å²) in [6.07, 6.45) is 16.9. The molecule has 1 aliphatic carbocycles. The summed E-state index contributed by atoms with van der Waals surface area (Å²) in [6.45, 7) is 4.54. The van der Waals surface area contributed by atoms with Gasteiger partial charge in [-0.25, -0.2) is 9.97 Å². The maximum absolute atomic E-state index is 11.3. The molecule has 3 atom stereocenters. The number of benzene rings is 1. The molecule has 1 unspecified atom stereocenters. The molecule has 0 aliphatic heterocycles. The zero-order chi connectivity index (χ0) is 24.3. The number of hydrogen-bond acceptors (Lipinski definition) is 4. The predicted octanol–water partition coefficient (Wildman–Crippen LogP) is 7.48. The molecule has 1 fully saturated rings. The molecule has 0 amide bonds.